The van der Waals surface area contributed by atoms with E-state index < -0.39 is 12.1 Å². The van der Waals surface area contributed by atoms with Gasteiger partial charge in [-0.1, -0.05) is 6.92 Å². The summed E-state index contributed by atoms with van der Waals surface area (Å²) in [6.45, 7) is 5.81. The third-order valence-electron chi connectivity index (χ3n) is 3.35. The van der Waals surface area contributed by atoms with Crippen molar-refractivity contribution in [3.63, 3.8) is 0 Å². The third-order valence-corrected chi connectivity index (χ3v) is 3.85. The lowest BCUT2D eigenvalue weighted by Crippen LogP contribution is -2.34. The predicted molar refractivity (Wildman–Crippen MR) is 72.6 cm³/mol. The molecule has 7 heteroatoms. The van der Waals surface area contributed by atoms with Crippen LogP contribution in [0.2, 0.25) is 0 Å². The van der Waals surface area contributed by atoms with Crippen LogP contribution in [-0.4, -0.2) is 41.0 Å². The SMILES string of the molecule is COC(=O)C(C)Oc1nsnc1N1CCC(C)CC1. The fourth-order valence-corrected chi connectivity index (χ4v) is 2.56. The summed E-state index contributed by atoms with van der Waals surface area (Å²) < 4.78 is 18.6. The lowest BCUT2D eigenvalue weighted by molar-refractivity contribution is -0.148. The first-order chi connectivity index (χ1) is 9.11. The predicted octanol–water partition coefficient (Wildman–Crippen LogP) is 1.71. The molecule has 0 aliphatic carbocycles. The normalized spacial score (nSPS) is 18.2. The molecule has 0 spiro atoms. The van der Waals surface area contributed by atoms with Crippen molar-refractivity contribution in [2.75, 3.05) is 25.1 Å². The Hall–Kier alpha value is -1.37. The molecule has 0 amide bonds. The van der Waals surface area contributed by atoms with E-state index >= 15 is 0 Å². The second-order valence-corrected chi connectivity index (χ2v) is 5.37. The minimum absolute atomic E-state index is 0.411. The number of anilines is 1. The van der Waals surface area contributed by atoms with E-state index in [9.17, 15) is 4.79 Å². The van der Waals surface area contributed by atoms with Crippen molar-refractivity contribution in [2.24, 2.45) is 5.92 Å². The second kappa shape index (κ2) is 6.18. The third kappa shape index (κ3) is 3.34. The van der Waals surface area contributed by atoms with Gasteiger partial charge in [0.15, 0.2) is 6.10 Å². The van der Waals surface area contributed by atoms with Crippen LogP contribution in [0.25, 0.3) is 0 Å². The second-order valence-electron chi connectivity index (χ2n) is 4.85. The molecule has 0 N–H and O–H groups in total. The molecule has 1 aromatic heterocycles. The Labute approximate surface area is 117 Å². The van der Waals surface area contributed by atoms with Gasteiger partial charge in [0.25, 0.3) is 5.88 Å². The first-order valence-corrected chi connectivity index (χ1v) is 7.16. The molecular formula is C12H19N3O3S. The molecule has 0 saturated carbocycles. The van der Waals surface area contributed by atoms with E-state index in [2.05, 4.69) is 25.3 Å². The molecule has 106 valence electrons. The number of carbonyl (C=O) groups is 1. The lowest BCUT2D eigenvalue weighted by Gasteiger charge is -2.30. The van der Waals surface area contributed by atoms with Crippen molar-refractivity contribution in [1.82, 2.24) is 8.75 Å². The van der Waals surface area contributed by atoms with E-state index in [0.717, 1.165) is 49.4 Å². The Morgan fingerprint density at radius 2 is 2.11 bits per heavy atom. The zero-order chi connectivity index (χ0) is 13.8. The molecule has 1 aliphatic heterocycles. The van der Waals surface area contributed by atoms with Gasteiger partial charge in [0.1, 0.15) is 0 Å². The number of carbonyl (C=O) groups excluding carboxylic acids is 1. The number of rotatable bonds is 4. The number of aromatic nitrogens is 2. The number of ether oxygens (including phenoxy) is 2. The number of piperidine rings is 1. The Morgan fingerprint density at radius 1 is 1.42 bits per heavy atom. The summed E-state index contributed by atoms with van der Waals surface area (Å²) in [5, 5.41) is 0. The molecule has 1 saturated heterocycles. The van der Waals surface area contributed by atoms with Gasteiger partial charge in [-0.3, -0.25) is 0 Å². The molecule has 1 aliphatic rings. The molecule has 2 heterocycles. The smallest absolute Gasteiger partial charge is 0.346 e. The van der Waals surface area contributed by atoms with Crippen LogP contribution in [-0.2, 0) is 9.53 Å². The van der Waals surface area contributed by atoms with Gasteiger partial charge < -0.3 is 14.4 Å². The molecule has 1 fully saturated rings. The summed E-state index contributed by atoms with van der Waals surface area (Å²) in [7, 11) is 1.34. The van der Waals surface area contributed by atoms with E-state index in [4.69, 9.17) is 4.74 Å². The first kappa shape index (κ1) is 14.0. The monoisotopic (exact) mass is 285 g/mol. The molecular weight excluding hydrogens is 266 g/mol. The van der Waals surface area contributed by atoms with Crippen molar-refractivity contribution in [3.05, 3.63) is 0 Å². The van der Waals surface area contributed by atoms with E-state index in [1.54, 1.807) is 6.92 Å². The van der Waals surface area contributed by atoms with E-state index in [1.165, 1.54) is 7.11 Å². The van der Waals surface area contributed by atoms with Crippen molar-refractivity contribution >= 4 is 23.5 Å². The zero-order valence-corrected chi connectivity index (χ0v) is 12.3. The highest BCUT2D eigenvalue weighted by molar-refractivity contribution is 6.99. The quantitative estimate of drug-likeness (QED) is 0.785. The minimum Gasteiger partial charge on any atom is -0.466 e. The Kier molecular flexibility index (Phi) is 4.57. The van der Waals surface area contributed by atoms with Gasteiger partial charge in [-0.25, -0.2) is 4.79 Å². The summed E-state index contributed by atoms with van der Waals surface area (Å²) in [4.78, 5) is 13.5. The van der Waals surface area contributed by atoms with Gasteiger partial charge in [0, 0.05) is 13.1 Å². The van der Waals surface area contributed by atoms with Crippen LogP contribution in [0.15, 0.2) is 0 Å². The Bertz CT molecular complexity index is 430. The van der Waals surface area contributed by atoms with Crippen molar-refractivity contribution in [2.45, 2.75) is 32.8 Å². The highest BCUT2D eigenvalue weighted by atomic mass is 32.1. The summed E-state index contributed by atoms with van der Waals surface area (Å²) in [6, 6.07) is 0. The number of nitrogens with zero attached hydrogens (tertiary/aromatic N) is 3. The minimum atomic E-state index is -0.670. The van der Waals surface area contributed by atoms with E-state index in [0.29, 0.717) is 5.88 Å². The standard InChI is InChI=1S/C12H19N3O3S/c1-8-4-6-15(7-5-8)10-11(14-19-13-10)18-9(2)12(16)17-3/h8-9H,4-7H2,1-3H3. The first-order valence-electron chi connectivity index (χ1n) is 6.43. The van der Waals surface area contributed by atoms with Crippen LogP contribution in [0, 0.1) is 5.92 Å². The van der Waals surface area contributed by atoms with Crippen molar-refractivity contribution in [3.8, 4) is 5.88 Å². The Morgan fingerprint density at radius 3 is 2.74 bits per heavy atom. The average molecular weight is 285 g/mol. The van der Waals surface area contributed by atoms with Crippen LogP contribution in [0.3, 0.4) is 0 Å². The number of esters is 1. The molecule has 1 unspecified atom stereocenters. The Balaban J connectivity index is 2.03. The van der Waals surface area contributed by atoms with Gasteiger partial charge >= 0.3 is 5.97 Å². The number of hydrogen-bond acceptors (Lipinski definition) is 7. The van der Waals surface area contributed by atoms with Crippen LogP contribution >= 0.6 is 11.7 Å². The molecule has 19 heavy (non-hydrogen) atoms. The number of methoxy groups -OCH3 is 1. The maximum Gasteiger partial charge on any atom is 0.346 e. The van der Waals surface area contributed by atoms with Crippen LogP contribution < -0.4 is 9.64 Å². The molecule has 0 radical (unpaired) electrons. The van der Waals surface area contributed by atoms with E-state index in [1.807, 2.05) is 0 Å². The van der Waals surface area contributed by atoms with Gasteiger partial charge in [0.2, 0.25) is 5.82 Å². The molecule has 0 aromatic carbocycles. The van der Waals surface area contributed by atoms with Gasteiger partial charge in [-0.15, -0.1) is 4.37 Å². The fourth-order valence-electron chi connectivity index (χ4n) is 2.05. The fraction of sp³-hybridized carbons (Fsp3) is 0.750. The maximum absolute atomic E-state index is 11.4. The lowest BCUT2D eigenvalue weighted by atomic mass is 9.99. The molecule has 2 rings (SSSR count). The van der Waals surface area contributed by atoms with Gasteiger partial charge in [-0.2, -0.15) is 4.37 Å². The van der Waals surface area contributed by atoms with E-state index in [-0.39, 0.29) is 0 Å². The van der Waals surface area contributed by atoms with Crippen molar-refractivity contribution < 1.29 is 14.3 Å². The molecule has 1 atom stereocenters. The van der Waals surface area contributed by atoms with Gasteiger partial charge in [-0.05, 0) is 25.7 Å². The summed E-state index contributed by atoms with van der Waals surface area (Å²) in [5.41, 5.74) is 0. The van der Waals surface area contributed by atoms with Crippen LogP contribution in [0.5, 0.6) is 5.88 Å². The molecule has 6 nitrogen and oxygen atoms in total. The molecule has 1 aromatic rings. The topological polar surface area (TPSA) is 64.5 Å². The summed E-state index contributed by atoms with van der Waals surface area (Å²) >= 11 is 1.10. The average Bonchev–Trinajstić information content (AvgIpc) is 2.86. The van der Waals surface area contributed by atoms with Crippen molar-refractivity contribution in [1.29, 1.82) is 0 Å². The molecule has 0 bridgehead atoms. The summed E-state index contributed by atoms with van der Waals surface area (Å²) in [5.74, 6) is 1.51. The zero-order valence-electron chi connectivity index (χ0n) is 11.5. The highest BCUT2D eigenvalue weighted by Gasteiger charge is 2.25. The van der Waals surface area contributed by atoms with Gasteiger partial charge in [0.05, 0.1) is 18.8 Å². The largest absolute Gasteiger partial charge is 0.466 e. The summed E-state index contributed by atoms with van der Waals surface area (Å²) in [6.07, 6.45) is 1.61. The number of hydrogen-bond donors (Lipinski definition) is 0. The highest BCUT2D eigenvalue weighted by Crippen LogP contribution is 2.30. The van der Waals surface area contributed by atoms with Crippen LogP contribution in [0.1, 0.15) is 26.7 Å². The van der Waals surface area contributed by atoms with Crippen LogP contribution in [0.4, 0.5) is 5.82 Å². The maximum atomic E-state index is 11.4.